The van der Waals surface area contributed by atoms with Gasteiger partial charge in [-0.3, -0.25) is 14.5 Å². The summed E-state index contributed by atoms with van der Waals surface area (Å²) in [4.78, 5) is 29.0. The molecule has 2 amide bonds. The molecule has 2 heterocycles. The summed E-state index contributed by atoms with van der Waals surface area (Å²) in [5, 5.41) is 0. The minimum absolute atomic E-state index is 0.110. The maximum Gasteiger partial charge on any atom is 0.244 e. The highest BCUT2D eigenvalue weighted by Crippen LogP contribution is 2.28. The highest BCUT2D eigenvalue weighted by atomic mass is 32.2. The number of piperidine rings is 1. The Balaban J connectivity index is 1.81. The average molecular weight is 347 g/mol. The number of primary amides is 1. The molecule has 2 N–H and O–H groups in total. The Morgan fingerprint density at radius 1 is 1.12 bits per heavy atom. The van der Waals surface area contributed by atoms with E-state index in [4.69, 9.17) is 5.73 Å². The molecule has 2 fully saturated rings. The van der Waals surface area contributed by atoms with E-state index in [0.29, 0.717) is 13.1 Å². The van der Waals surface area contributed by atoms with Gasteiger partial charge in [-0.25, -0.2) is 0 Å². The van der Waals surface area contributed by atoms with E-state index in [1.807, 2.05) is 47.0 Å². The van der Waals surface area contributed by atoms with Gasteiger partial charge in [-0.15, -0.1) is 0 Å². The van der Waals surface area contributed by atoms with E-state index in [0.717, 1.165) is 43.0 Å². The van der Waals surface area contributed by atoms with Crippen LogP contribution in [0.15, 0.2) is 30.3 Å². The van der Waals surface area contributed by atoms with Crippen molar-refractivity contribution < 1.29 is 9.59 Å². The van der Waals surface area contributed by atoms with Crippen molar-refractivity contribution in [2.45, 2.75) is 18.9 Å². The van der Waals surface area contributed by atoms with E-state index in [9.17, 15) is 9.59 Å². The number of thioether (sulfide) groups is 1. The zero-order valence-corrected chi connectivity index (χ0v) is 14.7. The highest BCUT2D eigenvalue weighted by Gasteiger charge is 2.35. The lowest BCUT2D eigenvalue weighted by Crippen LogP contribution is -2.50. The number of rotatable bonds is 4. The van der Waals surface area contributed by atoms with Crippen molar-refractivity contribution in [3.05, 3.63) is 35.9 Å². The summed E-state index contributed by atoms with van der Waals surface area (Å²) in [5.41, 5.74) is 6.51. The summed E-state index contributed by atoms with van der Waals surface area (Å²) in [6, 6.07) is 9.74. The standard InChI is InChI=1S/C18H25N3O2S/c19-17(22)15-7-4-8-21(13-15)18(23)16(14-5-2-1-3-6-14)20-9-11-24-12-10-20/h1-3,5-6,15-16H,4,7-13H2,(H2,19,22). The molecule has 1 aromatic carbocycles. The first kappa shape index (κ1) is 17.3. The minimum atomic E-state index is -0.293. The van der Waals surface area contributed by atoms with Crippen LogP contribution in [0.4, 0.5) is 0 Å². The van der Waals surface area contributed by atoms with Crippen LogP contribution in [0.1, 0.15) is 24.4 Å². The van der Waals surface area contributed by atoms with Crippen molar-refractivity contribution in [1.82, 2.24) is 9.80 Å². The van der Waals surface area contributed by atoms with Crippen molar-refractivity contribution in [2.24, 2.45) is 11.7 Å². The number of benzene rings is 1. The molecule has 3 rings (SSSR count). The van der Waals surface area contributed by atoms with Gasteiger partial charge in [-0.1, -0.05) is 30.3 Å². The molecule has 130 valence electrons. The third-order valence-electron chi connectivity index (χ3n) is 4.90. The molecule has 2 aliphatic rings. The zero-order chi connectivity index (χ0) is 16.9. The fourth-order valence-corrected chi connectivity index (χ4v) is 4.49. The molecular formula is C18H25N3O2S. The molecule has 0 saturated carbocycles. The van der Waals surface area contributed by atoms with Crippen molar-refractivity contribution in [1.29, 1.82) is 0 Å². The lowest BCUT2D eigenvalue weighted by atomic mass is 9.95. The monoisotopic (exact) mass is 347 g/mol. The van der Waals surface area contributed by atoms with Crippen molar-refractivity contribution in [2.75, 3.05) is 37.7 Å². The molecule has 6 heteroatoms. The van der Waals surface area contributed by atoms with Gasteiger partial charge in [0.25, 0.3) is 0 Å². The fourth-order valence-electron chi connectivity index (χ4n) is 3.56. The van der Waals surface area contributed by atoms with Gasteiger partial charge in [0.15, 0.2) is 0 Å². The Kier molecular flexibility index (Phi) is 5.79. The topological polar surface area (TPSA) is 66.6 Å². The van der Waals surface area contributed by atoms with Crippen molar-refractivity contribution >= 4 is 23.6 Å². The van der Waals surface area contributed by atoms with Crippen LogP contribution in [0, 0.1) is 5.92 Å². The summed E-state index contributed by atoms with van der Waals surface area (Å²) in [6.07, 6.45) is 1.63. The second-order valence-corrected chi connectivity index (χ2v) is 7.71. The average Bonchev–Trinajstić information content (AvgIpc) is 2.64. The first-order valence-corrected chi connectivity index (χ1v) is 9.77. The summed E-state index contributed by atoms with van der Waals surface area (Å²) in [5.74, 6) is 1.72. The summed E-state index contributed by atoms with van der Waals surface area (Å²) in [6.45, 7) is 3.01. The highest BCUT2D eigenvalue weighted by molar-refractivity contribution is 7.99. The van der Waals surface area contributed by atoms with Gasteiger partial charge in [-0.2, -0.15) is 11.8 Å². The number of hydrogen-bond donors (Lipinski definition) is 1. The normalized spacial score (nSPS) is 23.7. The molecule has 24 heavy (non-hydrogen) atoms. The quantitative estimate of drug-likeness (QED) is 0.896. The van der Waals surface area contributed by atoms with Gasteiger partial charge >= 0.3 is 0 Å². The molecule has 0 bridgehead atoms. The number of carbonyl (C=O) groups excluding carboxylic acids is 2. The van der Waals surface area contributed by atoms with Gasteiger partial charge in [0.2, 0.25) is 11.8 Å². The predicted octanol–water partition coefficient (Wildman–Crippen LogP) is 1.50. The van der Waals surface area contributed by atoms with E-state index in [2.05, 4.69) is 4.90 Å². The maximum absolute atomic E-state index is 13.3. The third-order valence-corrected chi connectivity index (χ3v) is 5.84. The number of nitrogens with zero attached hydrogens (tertiary/aromatic N) is 2. The van der Waals surface area contributed by atoms with Crippen LogP contribution < -0.4 is 5.73 Å². The van der Waals surface area contributed by atoms with Crippen LogP contribution >= 0.6 is 11.8 Å². The van der Waals surface area contributed by atoms with Crippen molar-refractivity contribution in [3.63, 3.8) is 0 Å². The molecule has 1 aromatic rings. The van der Waals surface area contributed by atoms with E-state index < -0.39 is 0 Å². The number of nitrogens with two attached hydrogens (primary N) is 1. The van der Waals surface area contributed by atoms with Gasteiger partial charge in [0.05, 0.1) is 5.92 Å². The maximum atomic E-state index is 13.3. The molecular weight excluding hydrogens is 322 g/mol. The second kappa shape index (κ2) is 8.03. The Labute approximate surface area is 147 Å². The van der Waals surface area contributed by atoms with E-state index in [1.54, 1.807) is 0 Å². The van der Waals surface area contributed by atoms with Crippen LogP contribution in [-0.4, -0.2) is 59.3 Å². The Hall–Kier alpha value is -1.53. The molecule has 2 unspecified atom stereocenters. The van der Waals surface area contributed by atoms with Gasteiger partial charge < -0.3 is 10.6 Å². The van der Waals surface area contributed by atoms with E-state index in [1.165, 1.54) is 0 Å². The van der Waals surface area contributed by atoms with Crippen LogP contribution in [0.25, 0.3) is 0 Å². The number of amides is 2. The van der Waals surface area contributed by atoms with Gasteiger partial charge in [0.1, 0.15) is 6.04 Å². The Bertz CT molecular complexity index is 575. The van der Waals surface area contributed by atoms with Crippen LogP contribution in [-0.2, 0) is 9.59 Å². The lowest BCUT2D eigenvalue weighted by molar-refractivity contribution is -0.140. The summed E-state index contributed by atoms with van der Waals surface area (Å²) in [7, 11) is 0. The first-order chi connectivity index (χ1) is 11.7. The molecule has 2 atom stereocenters. The van der Waals surface area contributed by atoms with Crippen LogP contribution in [0.3, 0.4) is 0 Å². The predicted molar refractivity (Wildman–Crippen MR) is 96.6 cm³/mol. The molecule has 0 aromatic heterocycles. The molecule has 2 aliphatic heterocycles. The van der Waals surface area contributed by atoms with Gasteiger partial charge in [-0.05, 0) is 18.4 Å². The number of carbonyl (C=O) groups is 2. The second-order valence-electron chi connectivity index (χ2n) is 6.49. The van der Waals surface area contributed by atoms with Crippen LogP contribution in [0.5, 0.6) is 0 Å². The zero-order valence-electron chi connectivity index (χ0n) is 13.9. The van der Waals surface area contributed by atoms with Crippen molar-refractivity contribution in [3.8, 4) is 0 Å². The Morgan fingerprint density at radius 3 is 2.50 bits per heavy atom. The van der Waals surface area contributed by atoms with E-state index in [-0.39, 0.29) is 23.8 Å². The molecule has 2 saturated heterocycles. The SMILES string of the molecule is NC(=O)C1CCCN(C(=O)C(c2ccccc2)N2CCSCC2)C1. The molecule has 0 spiro atoms. The first-order valence-electron chi connectivity index (χ1n) is 8.61. The largest absolute Gasteiger partial charge is 0.369 e. The summed E-state index contributed by atoms with van der Waals surface area (Å²) < 4.78 is 0. The number of hydrogen-bond acceptors (Lipinski definition) is 4. The lowest BCUT2D eigenvalue weighted by Gasteiger charge is -2.39. The molecule has 0 aliphatic carbocycles. The van der Waals surface area contributed by atoms with E-state index >= 15 is 0 Å². The summed E-state index contributed by atoms with van der Waals surface area (Å²) >= 11 is 1.94. The van der Waals surface area contributed by atoms with Crippen LogP contribution in [0.2, 0.25) is 0 Å². The molecule has 5 nitrogen and oxygen atoms in total. The minimum Gasteiger partial charge on any atom is -0.369 e. The Morgan fingerprint density at radius 2 is 1.83 bits per heavy atom. The number of likely N-dealkylation sites (tertiary alicyclic amines) is 1. The smallest absolute Gasteiger partial charge is 0.244 e. The fraction of sp³-hybridized carbons (Fsp3) is 0.556. The van der Waals surface area contributed by atoms with Gasteiger partial charge in [0, 0.05) is 37.7 Å². The third kappa shape index (κ3) is 3.92. The molecule has 0 radical (unpaired) electrons.